The summed E-state index contributed by atoms with van der Waals surface area (Å²) in [7, 11) is 1.57. The van der Waals surface area contributed by atoms with Crippen LogP contribution in [-0.4, -0.2) is 53.7 Å². The van der Waals surface area contributed by atoms with Gasteiger partial charge in [-0.05, 0) is 46.3 Å². The number of hydrogen-bond acceptors (Lipinski definition) is 8. The molecule has 0 aliphatic rings. The first-order valence-electron chi connectivity index (χ1n) is 9.71. The van der Waals surface area contributed by atoms with E-state index in [0.29, 0.717) is 17.5 Å². The van der Waals surface area contributed by atoms with Crippen LogP contribution in [0, 0.1) is 0 Å². The Labute approximate surface area is 195 Å². The molecule has 0 aliphatic heterocycles. The van der Waals surface area contributed by atoms with Gasteiger partial charge in [-0.3, -0.25) is 4.79 Å². The largest absolute Gasteiger partial charge is 0.497 e. The highest BCUT2D eigenvalue weighted by atomic mass is 32.2. The van der Waals surface area contributed by atoms with Crippen LogP contribution in [-0.2, 0) is 17.5 Å². The minimum absolute atomic E-state index is 0.0521. The quantitative estimate of drug-likeness (QED) is 0.375. The molecule has 0 atom stereocenters. The zero-order chi connectivity index (χ0) is 24.1. The van der Waals surface area contributed by atoms with E-state index in [0.717, 1.165) is 29.5 Å². The molecule has 34 heavy (non-hydrogen) atoms. The molecule has 0 saturated heterocycles. The number of benzene rings is 2. The number of aromatic nitrogens is 7. The summed E-state index contributed by atoms with van der Waals surface area (Å²) < 4.78 is 47.5. The number of amides is 1. The third-order valence-corrected chi connectivity index (χ3v) is 5.54. The number of carbonyl (C=O) groups excluding carboxylic acids is 1. The molecule has 2 aromatic heterocycles. The minimum Gasteiger partial charge on any atom is -0.497 e. The molecule has 4 aromatic rings. The summed E-state index contributed by atoms with van der Waals surface area (Å²) in [6.45, 7) is 0.366. The lowest BCUT2D eigenvalue weighted by Gasteiger charge is -2.14. The highest BCUT2D eigenvalue weighted by Gasteiger charge is 2.31. The van der Waals surface area contributed by atoms with Crippen LogP contribution in [0.15, 0.2) is 60.3 Å². The van der Waals surface area contributed by atoms with Crippen LogP contribution in [0.5, 0.6) is 5.75 Å². The molecule has 0 fully saturated rings. The van der Waals surface area contributed by atoms with Crippen LogP contribution in [0.25, 0.3) is 5.69 Å². The number of halogens is 3. The van der Waals surface area contributed by atoms with Gasteiger partial charge in [-0.2, -0.15) is 18.3 Å². The van der Waals surface area contributed by atoms with Gasteiger partial charge in [-0.25, -0.2) is 14.3 Å². The Morgan fingerprint density at radius 2 is 1.97 bits per heavy atom. The van der Waals surface area contributed by atoms with E-state index in [9.17, 15) is 18.0 Å². The van der Waals surface area contributed by atoms with Gasteiger partial charge in [0.05, 0.1) is 36.3 Å². The smallest absolute Gasteiger partial charge is 0.416 e. The molecule has 1 N–H and O–H groups in total. The molecule has 1 amide bonds. The van der Waals surface area contributed by atoms with Crippen molar-refractivity contribution in [2.24, 2.45) is 0 Å². The van der Waals surface area contributed by atoms with E-state index in [-0.39, 0.29) is 17.1 Å². The van der Waals surface area contributed by atoms with Crippen LogP contribution in [0.1, 0.15) is 11.1 Å². The van der Waals surface area contributed by atoms with Crippen molar-refractivity contribution in [3.05, 3.63) is 66.2 Å². The molecule has 0 aliphatic carbocycles. The Bertz CT molecular complexity index is 1260. The van der Waals surface area contributed by atoms with Crippen LogP contribution in [0.2, 0.25) is 0 Å². The number of ether oxygens (including phenoxy) is 1. The van der Waals surface area contributed by atoms with E-state index in [1.807, 2.05) is 24.3 Å². The van der Waals surface area contributed by atoms with Crippen molar-refractivity contribution >= 4 is 23.4 Å². The number of thioether (sulfide) groups is 1. The van der Waals surface area contributed by atoms with E-state index in [1.54, 1.807) is 7.11 Å². The molecule has 10 nitrogen and oxygen atoms in total. The number of tetrazole rings is 1. The van der Waals surface area contributed by atoms with Gasteiger partial charge in [-0.1, -0.05) is 23.9 Å². The highest BCUT2D eigenvalue weighted by Crippen LogP contribution is 2.33. The van der Waals surface area contributed by atoms with Crippen LogP contribution < -0.4 is 10.1 Å². The van der Waals surface area contributed by atoms with Gasteiger partial charge in [0.15, 0.2) is 0 Å². The second-order valence-corrected chi connectivity index (χ2v) is 7.82. The average Bonchev–Trinajstić information content (AvgIpc) is 3.50. The van der Waals surface area contributed by atoms with E-state index in [2.05, 4.69) is 30.9 Å². The fraction of sp³-hybridized carbons (Fsp3) is 0.200. The second-order valence-electron chi connectivity index (χ2n) is 6.87. The summed E-state index contributed by atoms with van der Waals surface area (Å²) in [6.07, 6.45) is -2.01. The van der Waals surface area contributed by atoms with Gasteiger partial charge in [-0.15, -0.1) is 5.10 Å². The molecular weight excluding hydrogens is 473 g/mol. The Kier molecular flexibility index (Phi) is 6.77. The maximum atomic E-state index is 13.2. The summed E-state index contributed by atoms with van der Waals surface area (Å²) in [5.41, 5.74) is 0.209. The third-order valence-electron chi connectivity index (χ3n) is 4.59. The molecule has 0 radical (unpaired) electrons. The first-order chi connectivity index (χ1) is 16.3. The van der Waals surface area contributed by atoms with E-state index < -0.39 is 17.6 Å². The number of anilines is 1. The topological polar surface area (TPSA) is 113 Å². The molecular formula is C20H17F3N8O2S. The number of nitrogens with one attached hydrogen (secondary N) is 1. The lowest BCUT2D eigenvalue weighted by Crippen LogP contribution is -2.17. The second kappa shape index (κ2) is 9.91. The van der Waals surface area contributed by atoms with Crippen molar-refractivity contribution in [3.63, 3.8) is 0 Å². The van der Waals surface area contributed by atoms with E-state index in [1.165, 1.54) is 28.1 Å². The normalized spacial score (nSPS) is 11.4. The monoisotopic (exact) mass is 490 g/mol. The summed E-state index contributed by atoms with van der Waals surface area (Å²) in [6, 6.07) is 10.3. The predicted octanol–water partition coefficient (Wildman–Crippen LogP) is 3.06. The van der Waals surface area contributed by atoms with Crippen molar-refractivity contribution in [3.8, 4) is 11.4 Å². The maximum absolute atomic E-state index is 13.2. The maximum Gasteiger partial charge on any atom is 0.416 e. The Morgan fingerprint density at radius 1 is 1.18 bits per heavy atom. The molecule has 4 rings (SSSR count). The van der Waals surface area contributed by atoms with Crippen LogP contribution >= 0.6 is 11.8 Å². The number of rotatable bonds is 8. The highest BCUT2D eigenvalue weighted by molar-refractivity contribution is 7.99. The Hall–Kier alpha value is -3.94. The van der Waals surface area contributed by atoms with Gasteiger partial charge < -0.3 is 10.1 Å². The Balaban J connectivity index is 1.45. The zero-order valence-corrected chi connectivity index (χ0v) is 18.4. The zero-order valence-electron chi connectivity index (χ0n) is 17.6. The number of carbonyl (C=O) groups is 1. The molecule has 0 spiro atoms. The SMILES string of the molecule is COc1ccc(Cn2nnnc2SCC(=O)Nc2cc(C(F)(F)F)ccc2-n2cncn2)cc1. The fourth-order valence-corrected chi connectivity index (χ4v) is 3.64. The average molecular weight is 490 g/mol. The van der Waals surface area contributed by atoms with Gasteiger partial charge in [0.2, 0.25) is 11.1 Å². The van der Waals surface area contributed by atoms with Gasteiger partial charge in [0.1, 0.15) is 18.4 Å². The first-order valence-corrected chi connectivity index (χ1v) is 10.7. The number of hydrogen-bond donors (Lipinski definition) is 1. The molecule has 2 aromatic carbocycles. The van der Waals surface area contributed by atoms with E-state index in [4.69, 9.17) is 4.74 Å². The molecule has 176 valence electrons. The van der Waals surface area contributed by atoms with Crippen molar-refractivity contribution < 1.29 is 22.7 Å². The predicted molar refractivity (Wildman–Crippen MR) is 116 cm³/mol. The fourth-order valence-electron chi connectivity index (χ4n) is 2.96. The lowest BCUT2D eigenvalue weighted by molar-refractivity contribution is -0.137. The van der Waals surface area contributed by atoms with Crippen LogP contribution in [0.4, 0.5) is 18.9 Å². The van der Waals surface area contributed by atoms with Crippen molar-refractivity contribution in [2.75, 3.05) is 18.2 Å². The van der Waals surface area contributed by atoms with E-state index >= 15 is 0 Å². The summed E-state index contributed by atoms with van der Waals surface area (Å²) in [4.78, 5) is 16.4. The first kappa shape index (κ1) is 23.2. The molecule has 0 bridgehead atoms. The molecule has 0 unspecified atom stereocenters. The van der Waals surface area contributed by atoms with Gasteiger partial charge >= 0.3 is 6.18 Å². The van der Waals surface area contributed by atoms with Gasteiger partial charge in [0, 0.05) is 0 Å². The van der Waals surface area contributed by atoms with Gasteiger partial charge in [0.25, 0.3) is 0 Å². The number of nitrogens with zero attached hydrogens (tertiary/aromatic N) is 7. The summed E-state index contributed by atoms with van der Waals surface area (Å²) >= 11 is 1.05. The standard InChI is InChI=1S/C20H17F3N8O2S/c1-33-15-5-2-13(3-6-15)9-30-19(27-28-29-30)34-10-18(32)26-16-8-14(20(21,22)23)4-7-17(16)31-12-24-11-25-31/h2-8,11-12H,9-10H2,1H3,(H,26,32). The molecule has 14 heteroatoms. The summed E-state index contributed by atoms with van der Waals surface area (Å²) in [5, 5.41) is 18.3. The van der Waals surface area contributed by atoms with Crippen molar-refractivity contribution in [2.45, 2.75) is 17.9 Å². The lowest BCUT2D eigenvalue weighted by atomic mass is 10.1. The van der Waals surface area contributed by atoms with Crippen molar-refractivity contribution in [1.29, 1.82) is 0 Å². The van der Waals surface area contributed by atoms with Crippen molar-refractivity contribution in [1.82, 2.24) is 35.0 Å². The number of methoxy groups -OCH3 is 1. The minimum atomic E-state index is -4.57. The molecule has 2 heterocycles. The number of alkyl halides is 3. The Morgan fingerprint density at radius 3 is 2.65 bits per heavy atom. The summed E-state index contributed by atoms with van der Waals surface area (Å²) in [5.74, 6) is 0.0482. The molecule has 0 saturated carbocycles. The van der Waals surface area contributed by atoms with Crippen LogP contribution in [0.3, 0.4) is 0 Å². The third kappa shape index (κ3) is 5.51.